The van der Waals surface area contributed by atoms with E-state index in [1.165, 1.54) is 5.56 Å². The molecule has 2 aromatic rings. The second kappa shape index (κ2) is 6.10. The minimum absolute atomic E-state index is 0.409. The van der Waals surface area contributed by atoms with Crippen LogP contribution in [0, 0.1) is 0 Å². The maximum atomic E-state index is 6.28. The maximum absolute atomic E-state index is 6.28. The van der Waals surface area contributed by atoms with Gasteiger partial charge in [-0.3, -0.25) is 0 Å². The zero-order chi connectivity index (χ0) is 14.0. The molecule has 102 valence electrons. The lowest BCUT2D eigenvalue weighted by molar-refractivity contribution is 0.856. The molecule has 0 aliphatic heterocycles. The lowest BCUT2D eigenvalue weighted by Crippen LogP contribution is -2.07. The van der Waals surface area contributed by atoms with E-state index in [4.69, 9.17) is 16.6 Å². The highest BCUT2D eigenvalue weighted by atomic mass is 79.9. The van der Waals surface area contributed by atoms with Crippen molar-refractivity contribution in [1.82, 2.24) is 4.98 Å². The van der Waals surface area contributed by atoms with Crippen molar-refractivity contribution in [3.63, 3.8) is 0 Å². The van der Waals surface area contributed by atoms with Gasteiger partial charge in [0.15, 0.2) is 0 Å². The smallest absolute Gasteiger partial charge is 0.130 e. The van der Waals surface area contributed by atoms with E-state index < -0.39 is 0 Å². The van der Waals surface area contributed by atoms with Gasteiger partial charge in [-0.2, -0.15) is 0 Å². The molecule has 19 heavy (non-hydrogen) atoms. The molecule has 1 aromatic carbocycles. The summed E-state index contributed by atoms with van der Waals surface area (Å²) in [4.78, 5) is 4.75. The van der Waals surface area contributed by atoms with Crippen LogP contribution in [0.5, 0.6) is 0 Å². The average molecular weight is 342 g/mol. The summed E-state index contributed by atoms with van der Waals surface area (Å²) in [5, 5.41) is 5.15. The summed E-state index contributed by atoms with van der Waals surface area (Å²) in [7, 11) is 0. The van der Waals surface area contributed by atoms with Crippen LogP contribution in [0.3, 0.4) is 0 Å². The molecule has 0 radical (unpaired) electrons. The van der Waals surface area contributed by atoms with Gasteiger partial charge >= 0.3 is 0 Å². The van der Waals surface area contributed by atoms with Crippen LogP contribution in [0.15, 0.2) is 22.7 Å². The van der Waals surface area contributed by atoms with Crippen LogP contribution in [0.25, 0.3) is 10.9 Å². The highest BCUT2D eigenvalue weighted by Crippen LogP contribution is 2.34. The van der Waals surface area contributed by atoms with Crippen molar-refractivity contribution in [2.75, 3.05) is 11.9 Å². The van der Waals surface area contributed by atoms with Crippen LogP contribution in [0.1, 0.15) is 38.7 Å². The highest BCUT2D eigenvalue weighted by molar-refractivity contribution is 9.10. The monoisotopic (exact) mass is 340 g/mol. The first kappa shape index (κ1) is 14.6. The number of hydrogen-bond donors (Lipinski definition) is 1. The van der Waals surface area contributed by atoms with E-state index >= 15 is 0 Å². The van der Waals surface area contributed by atoms with Crippen molar-refractivity contribution in [2.24, 2.45) is 0 Å². The quantitative estimate of drug-likeness (QED) is 0.783. The Morgan fingerprint density at radius 2 is 2.11 bits per heavy atom. The Labute approximate surface area is 127 Å². The number of pyridine rings is 1. The van der Waals surface area contributed by atoms with E-state index in [2.05, 4.69) is 48.1 Å². The number of fused-ring (bicyclic) bond motifs is 1. The summed E-state index contributed by atoms with van der Waals surface area (Å²) in [6, 6.07) is 5.99. The molecule has 0 saturated carbocycles. The van der Waals surface area contributed by atoms with E-state index in [-0.39, 0.29) is 0 Å². The zero-order valence-corrected chi connectivity index (χ0v) is 13.8. The molecule has 1 N–H and O–H groups in total. The van der Waals surface area contributed by atoms with Crippen molar-refractivity contribution >= 4 is 44.3 Å². The number of halogens is 2. The van der Waals surface area contributed by atoms with Crippen LogP contribution < -0.4 is 5.32 Å². The largest absolute Gasteiger partial charge is 0.370 e. The van der Waals surface area contributed by atoms with E-state index in [9.17, 15) is 0 Å². The Hall–Kier alpha value is -0.800. The SMILES string of the molecule is CCCNc1nc2c(Br)ccc(Cl)c2cc1C(C)C. The van der Waals surface area contributed by atoms with Gasteiger partial charge < -0.3 is 5.32 Å². The maximum Gasteiger partial charge on any atom is 0.130 e. The van der Waals surface area contributed by atoms with Crippen molar-refractivity contribution in [3.05, 3.63) is 33.3 Å². The summed E-state index contributed by atoms with van der Waals surface area (Å²) in [6.07, 6.45) is 1.08. The first-order chi connectivity index (χ1) is 9.04. The van der Waals surface area contributed by atoms with E-state index in [0.717, 1.165) is 39.2 Å². The topological polar surface area (TPSA) is 24.9 Å². The number of benzene rings is 1. The van der Waals surface area contributed by atoms with Crippen molar-refractivity contribution in [2.45, 2.75) is 33.1 Å². The number of nitrogens with one attached hydrogen (secondary N) is 1. The fourth-order valence-electron chi connectivity index (χ4n) is 2.03. The summed E-state index contributed by atoms with van der Waals surface area (Å²) in [6.45, 7) is 7.42. The molecule has 4 heteroatoms. The molecule has 1 heterocycles. The Balaban J connectivity index is 2.65. The van der Waals surface area contributed by atoms with Gasteiger partial charge in [-0.15, -0.1) is 0 Å². The number of rotatable bonds is 4. The van der Waals surface area contributed by atoms with Gasteiger partial charge in [-0.05, 0) is 52.0 Å². The third kappa shape index (κ3) is 3.03. The molecule has 0 bridgehead atoms. The third-order valence-electron chi connectivity index (χ3n) is 3.08. The van der Waals surface area contributed by atoms with E-state index in [1.54, 1.807) is 0 Å². The molecular weight excluding hydrogens is 324 g/mol. The van der Waals surface area contributed by atoms with Crippen LogP contribution in [-0.4, -0.2) is 11.5 Å². The molecule has 0 aliphatic rings. The van der Waals surface area contributed by atoms with Crippen molar-refractivity contribution in [1.29, 1.82) is 0 Å². The molecule has 0 aliphatic carbocycles. The number of anilines is 1. The van der Waals surface area contributed by atoms with E-state index in [1.807, 2.05) is 12.1 Å². The summed E-state index contributed by atoms with van der Waals surface area (Å²) >= 11 is 9.83. The first-order valence-electron chi connectivity index (χ1n) is 6.57. The van der Waals surface area contributed by atoms with Gasteiger partial charge in [0, 0.05) is 16.4 Å². The van der Waals surface area contributed by atoms with Crippen LogP contribution in [0.4, 0.5) is 5.82 Å². The molecule has 0 atom stereocenters. The molecule has 0 amide bonds. The lowest BCUT2D eigenvalue weighted by atomic mass is 10.0. The third-order valence-corrected chi connectivity index (χ3v) is 4.05. The molecule has 0 saturated heterocycles. The van der Waals surface area contributed by atoms with Gasteiger partial charge in [0.05, 0.1) is 10.5 Å². The predicted molar refractivity (Wildman–Crippen MR) is 87.3 cm³/mol. The molecule has 1 aromatic heterocycles. The summed E-state index contributed by atoms with van der Waals surface area (Å²) < 4.78 is 0.974. The summed E-state index contributed by atoms with van der Waals surface area (Å²) in [5.74, 6) is 1.37. The lowest BCUT2D eigenvalue weighted by Gasteiger charge is -2.15. The minimum atomic E-state index is 0.409. The fourth-order valence-corrected chi connectivity index (χ4v) is 2.67. The minimum Gasteiger partial charge on any atom is -0.370 e. The highest BCUT2D eigenvalue weighted by Gasteiger charge is 2.13. The molecule has 0 fully saturated rings. The molecule has 0 spiro atoms. The normalized spacial score (nSPS) is 11.3. The molecule has 2 rings (SSSR count). The average Bonchev–Trinajstić information content (AvgIpc) is 2.39. The van der Waals surface area contributed by atoms with Crippen molar-refractivity contribution in [3.8, 4) is 0 Å². The number of nitrogens with zero attached hydrogens (tertiary/aromatic N) is 1. The Kier molecular flexibility index (Phi) is 4.69. The first-order valence-corrected chi connectivity index (χ1v) is 7.74. The zero-order valence-electron chi connectivity index (χ0n) is 11.4. The Bertz CT molecular complexity index is 596. The fraction of sp³-hybridized carbons (Fsp3) is 0.400. The van der Waals surface area contributed by atoms with Gasteiger partial charge in [0.2, 0.25) is 0 Å². The molecule has 2 nitrogen and oxygen atoms in total. The summed E-state index contributed by atoms with van der Waals surface area (Å²) in [5.41, 5.74) is 2.12. The van der Waals surface area contributed by atoms with Crippen LogP contribution in [0.2, 0.25) is 5.02 Å². The van der Waals surface area contributed by atoms with Crippen molar-refractivity contribution < 1.29 is 0 Å². The Morgan fingerprint density at radius 1 is 1.37 bits per heavy atom. The van der Waals surface area contributed by atoms with Gasteiger partial charge in [0.1, 0.15) is 5.82 Å². The van der Waals surface area contributed by atoms with Gasteiger partial charge in [0.25, 0.3) is 0 Å². The van der Waals surface area contributed by atoms with Gasteiger partial charge in [-0.25, -0.2) is 4.98 Å². The van der Waals surface area contributed by atoms with Crippen LogP contribution >= 0.6 is 27.5 Å². The van der Waals surface area contributed by atoms with E-state index in [0.29, 0.717) is 5.92 Å². The molecular formula is C15H18BrClN2. The number of aromatic nitrogens is 1. The van der Waals surface area contributed by atoms with Gasteiger partial charge in [-0.1, -0.05) is 32.4 Å². The number of hydrogen-bond acceptors (Lipinski definition) is 2. The molecule has 0 unspecified atom stereocenters. The second-order valence-electron chi connectivity index (χ2n) is 4.93. The Morgan fingerprint density at radius 3 is 2.74 bits per heavy atom. The predicted octanol–water partition coefficient (Wildman–Crippen LogP) is 5.60. The second-order valence-corrected chi connectivity index (χ2v) is 6.19. The standard InChI is InChI=1S/C15H18BrClN2/c1-4-7-18-15-10(9(2)3)8-11-13(17)6-5-12(16)14(11)19-15/h5-6,8-9H,4,7H2,1-3H3,(H,18,19). The van der Waals surface area contributed by atoms with Crippen LogP contribution in [-0.2, 0) is 0 Å².